The fourth-order valence-corrected chi connectivity index (χ4v) is 4.01. The van der Waals surface area contributed by atoms with Gasteiger partial charge in [-0.2, -0.15) is 0 Å². The minimum absolute atomic E-state index is 0.0143. The summed E-state index contributed by atoms with van der Waals surface area (Å²) in [4.78, 5) is 18.7. The first kappa shape index (κ1) is 24.2. The van der Waals surface area contributed by atoms with Gasteiger partial charge in [0.25, 0.3) is 0 Å². The van der Waals surface area contributed by atoms with Crippen molar-refractivity contribution < 1.29 is 4.79 Å². The molecule has 1 aliphatic rings. The quantitative estimate of drug-likeness (QED) is 0.294. The first-order valence-corrected chi connectivity index (χ1v) is 11.7. The highest BCUT2D eigenvalue weighted by Crippen LogP contribution is 2.19. The van der Waals surface area contributed by atoms with Crippen molar-refractivity contribution in [1.82, 2.24) is 15.5 Å². The molecule has 1 aliphatic heterocycles. The zero-order valence-electron chi connectivity index (χ0n) is 19.1. The lowest BCUT2D eigenvalue weighted by Crippen LogP contribution is -2.42. The Morgan fingerprint density at radius 3 is 2.83 bits per heavy atom. The standard InChI is InChI=1S/C24H41N5O/c1-4-6-7-10-19(3)28-24(26-5-2)27-16-20-11-8-12-21(15-20)17-29-14-9-13-22(18-29)23(25)30/h8,11-12,15,19,22H,4-7,9-10,13-14,16-18H2,1-3H3,(H2,25,30)(H2,26,27,28). The second kappa shape index (κ2) is 13.3. The van der Waals surface area contributed by atoms with Crippen LogP contribution in [0.5, 0.6) is 0 Å². The second-order valence-corrected chi connectivity index (χ2v) is 8.53. The lowest BCUT2D eigenvalue weighted by atomic mass is 9.97. The van der Waals surface area contributed by atoms with Gasteiger partial charge >= 0.3 is 0 Å². The third kappa shape index (κ3) is 8.74. The fourth-order valence-electron chi connectivity index (χ4n) is 4.01. The lowest BCUT2D eigenvalue weighted by Gasteiger charge is -2.31. The predicted octanol–water partition coefficient (Wildman–Crippen LogP) is 3.41. The number of rotatable bonds is 11. The number of nitrogens with two attached hydrogens (primary N) is 1. The van der Waals surface area contributed by atoms with E-state index in [0.29, 0.717) is 12.6 Å². The Hall–Kier alpha value is -2.08. The third-order valence-electron chi connectivity index (χ3n) is 5.69. The first-order chi connectivity index (χ1) is 14.5. The topological polar surface area (TPSA) is 82.8 Å². The summed E-state index contributed by atoms with van der Waals surface area (Å²) in [6.07, 6.45) is 6.89. The van der Waals surface area contributed by atoms with Gasteiger partial charge in [0, 0.05) is 25.7 Å². The first-order valence-electron chi connectivity index (χ1n) is 11.7. The number of carbonyl (C=O) groups excluding carboxylic acids is 1. The molecule has 1 fully saturated rings. The summed E-state index contributed by atoms with van der Waals surface area (Å²) in [5, 5.41) is 6.89. The van der Waals surface area contributed by atoms with Crippen LogP contribution < -0.4 is 16.4 Å². The van der Waals surface area contributed by atoms with Crippen molar-refractivity contribution in [1.29, 1.82) is 0 Å². The van der Waals surface area contributed by atoms with Crippen LogP contribution in [0.3, 0.4) is 0 Å². The normalized spacial score (nSPS) is 18.8. The average Bonchev–Trinajstić information content (AvgIpc) is 2.73. The Balaban J connectivity index is 1.92. The zero-order chi connectivity index (χ0) is 21.8. The number of likely N-dealkylation sites (tertiary alicyclic amines) is 1. The Morgan fingerprint density at radius 2 is 2.10 bits per heavy atom. The van der Waals surface area contributed by atoms with Crippen LogP contribution in [0.25, 0.3) is 0 Å². The number of unbranched alkanes of at least 4 members (excludes halogenated alkanes) is 2. The van der Waals surface area contributed by atoms with Gasteiger partial charge in [-0.05, 0) is 50.8 Å². The molecule has 1 aromatic carbocycles. The van der Waals surface area contributed by atoms with Crippen LogP contribution in [0, 0.1) is 5.92 Å². The highest BCUT2D eigenvalue weighted by molar-refractivity contribution is 5.80. The number of amides is 1. The summed E-state index contributed by atoms with van der Waals surface area (Å²) in [6.45, 7) is 10.7. The molecule has 2 rings (SSSR count). The van der Waals surface area contributed by atoms with Crippen molar-refractivity contribution in [3.05, 3.63) is 35.4 Å². The molecule has 0 aliphatic carbocycles. The molecule has 0 saturated carbocycles. The fraction of sp³-hybridized carbons (Fsp3) is 0.667. The maximum atomic E-state index is 11.5. The van der Waals surface area contributed by atoms with Crippen molar-refractivity contribution in [2.75, 3.05) is 19.6 Å². The molecule has 168 valence electrons. The average molecular weight is 416 g/mol. The molecule has 1 heterocycles. The molecule has 0 aromatic heterocycles. The van der Waals surface area contributed by atoms with E-state index in [1.54, 1.807) is 0 Å². The zero-order valence-corrected chi connectivity index (χ0v) is 19.1. The number of nitrogens with zero attached hydrogens (tertiary/aromatic N) is 2. The van der Waals surface area contributed by atoms with Crippen LogP contribution in [-0.2, 0) is 17.9 Å². The Kier molecular flexibility index (Phi) is 10.7. The van der Waals surface area contributed by atoms with E-state index in [4.69, 9.17) is 10.7 Å². The van der Waals surface area contributed by atoms with Crippen LogP contribution in [0.4, 0.5) is 0 Å². The molecule has 1 aromatic rings. The number of hydrogen-bond donors (Lipinski definition) is 3. The highest BCUT2D eigenvalue weighted by atomic mass is 16.1. The molecule has 2 unspecified atom stereocenters. The molecule has 1 amide bonds. The second-order valence-electron chi connectivity index (χ2n) is 8.53. The number of aliphatic imine (C=N–C) groups is 1. The van der Waals surface area contributed by atoms with Gasteiger partial charge in [0.15, 0.2) is 5.96 Å². The van der Waals surface area contributed by atoms with Crippen LogP contribution in [0.1, 0.15) is 70.4 Å². The number of piperidine rings is 1. The Labute approximate surface area is 182 Å². The largest absolute Gasteiger partial charge is 0.369 e. The summed E-state index contributed by atoms with van der Waals surface area (Å²) in [5.41, 5.74) is 7.98. The summed E-state index contributed by atoms with van der Waals surface area (Å²) in [5.74, 6) is 0.696. The van der Waals surface area contributed by atoms with Gasteiger partial charge in [0.2, 0.25) is 5.91 Å². The van der Waals surface area contributed by atoms with Crippen molar-refractivity contribution in [3.8, 4) is 0 Å². The number of guanidine groups is 1. The molecular formula is C24H41N5O. The Morgan fingerprint density at radius 1 is 1.30 bits per heavy atom. The maximum Gasteiger partial charge on any atom is 0.221 e. The van der Waals surface area contributed by atoms with E-state index in [-0.39, 0.29) is 11.8 Å². The molecule has 0 spiro atoms. The van der Waals surface area contributed by atoms with E-state index in [9.17, 15) is 4.79 Å². The number of primary amides is 1. The monoisotopic (exact) mass is 415 g/mol. The highest BCUT2D eigenvalue weighted by Gasteiger charge is 2.23. The summed E-state index contributed by atoms with van der Waals surface area (Å²) >= 11 is 0. The smallest absolute Gasteiger partial charge is 0.221 e. The minimum Gasteiger partial charge on any atom is -0.369 e. The van der Waals surface area contributed by atoms with Crippen molar-refractivity contribution in [2.45, 2.75) is 78.4 Å². The number of nitrogens with one attached hydrogen (secondary N) is 2. The molecule has 6 nitrogen and oxygen atoms in total. The van der Waals surface area contributed by atoms with E-state index < -0.39 is 0 Å². The van der Waals surface area contributed by atoms with Gasteiger partial charge in [0.1, 0.15) is 0 Å². The molecule has 0 radical (unpaired) electrons. The van der Waals surface area contributed by atoms with Crippen molar-refractivity contribution >= 4 is 11.9 Å². The molecule has 0 bridgehead atoms. The van der Waals surface area contributed by atoms with E-state index in [1.165, 1.54) is 30.4 Å². The molecule has 4 N–H and O–H groups in total. The molecule has 6 heteroatoms. The van der Waals surface area contributed by atoms with Gasteiger partial charge in [-0.1, -0.05) is 50.5 Å². The van der Waals surface area contributed by atoms with Gasteiger partial charge < -0.3 is 16.4 Å². The van der Waals surface area contributed by atoms with Crippen LogP contribution >= 0.6 is 0 Å². The van der Waals surface area contributed by atoms with Gasteiger partial charge in [-0.25, -0.2) is 4.99 Å². The van der Waals surface area contributed by atoms with Crippen molar-refractivity contribution in [2.24, 2.45) is 16.6 Å². The predicted molar refractivity (Wildman–Crippen MR) is 125 cm³/mol. The summed E-state index contributed by atoms with van der Waals surface area (Å²) < 4.78 is 0. The SMILES string of the molecule is CCCCCC(C)NC(=NCc1cccc(CN2CCCC(C(N)=O)C2)c1)NCC. The maximum absolute atomic E-state index is 11.5. The van der Waals surface area contributed by atoms with Crippen molar-refractivity contribution in [3.63, 3.8) is 0 Å². The van der Waals surface area contributed by atoms with E-state index in [0.717, 1.165) is 51.4 Å². The number of carbonyl (C=O) groups is 1. The molecule has 1 saturated heterocycles. The lowest BCUT2D eigenvalue weighted by molar-refractivity contribution is -0.123. The number of benzene rings is 1. The third-order valence-corrected chi connectivity index (χ3v) is 5.69. The summed E-state index contributed by atoms with van der Waals surface area (Å²) in [6, 6.07) is 9.02. The van der Waals surface area contributed by atoms with Gasteiger partial charge in [-0.3, -0.25) is 9.69 Å². The molecule has 30 heavy (non-hydrogen) atoms. The van der Waals surface area contributed by atoms with Gasteiger partial charge in [0.05, 0.1) is 12.5 Å². The van der Waals surface area contributed by atoms with E-state index in [1.807, 2.05) is 0 Å². The van der Waals surface area contributed by atoms with E-state index >= 15 is 0 Å². The van der Waals surface area contributed by atoms with Crippen LogP contribution in [-0.4, -0.2) is 42.4 Å². The van der Waals surface area contributed by atoms with Crippen LogP contribution in [0.15, 0.2) is 29.3 Å². The Bertz CT molecular complexity index is 675. The molecular weight excluding hydrogens is 374 g/mol. The number of hydrogen-bond acceptors (Lipinski definition) is 3. The van der Waals surface area contributed by atoms with E-state index in [2.05, 4.69) is 60.6 Å². The molecule has 2 atom stereocenters. The minimum atomic E-state index is -0.171. The van der Waals surface area contributed by atoms with Gasteiger partial charge in [-0.15, -0.1) is 0 Å². The summed E-state index contributed by atoms with van der Waals surface area (Å²) in [7, 11) is 0. The van der Waals surface area contributed by atoms with Crippen LogP contribution in [0.2, 0.25) is 0 Å².